The van der Waals surface area contributed by atoms with Gasteiger partial charge in [-0.3, -0.25) is 9.59 Å². The van der Waals surface area contributed by atoms with Crippen LogP contribution in [0.1, 0.15) is 44.2 Å². The van der Waals surface area contributed by atoms with Gasteiger partial charge in [-0.1, -0.05) is 74.0 Å². The molecule has 0 bridgehead atoms. The summed E-state index contributed by atoms with van der Waals surface area (Å²) in [6.07, 6.45) is 2.64. The number of nitrogens with one attached hydrogen (secondary N) is 1. The van der Waals surface area contributed by atoms with E-state index in [1.807, 2.05) is 36.4 Å². The van der Waals surface area contributed by atoms with Crippen LogP contribution in [-0.2, 0) is 22.6 Å². The van der Waals surface area contributed by atoms with Crippen molar-refractivity contribution < 1.29 is 14.0 Å². The zero-order valence-electron chi connectivity index (χ0n) is 18.8. The molecule has 0 unspecified atom stereocenters. The van der Waals surface area contributed by atoms with Crippen molar-refractivity contribution in [1.82, 2.24) is 10.2 Å². The standard InChI is InChI=1S/C27H31FN2O2/c1-3-4-18-29-27(32)20(2)30(19-23-11-6-8-15-25(23)28)26(31)17-16-22-13-9-12-21-10-5-7-14-24(21)22/h5-15,20H,3-4,16-19H2,1-2H3,(H,29,32)/t20-/m1/s1. The number of hydrogen-bond donors (Lipinski definition) is 1. The minimum absolute atomic E-state index is 0.0589. The van der Waals surface area contributed by atoms with Gasteiger partial charge in [-0.2, -0.15) is 0 Å². The molecule has 0 heterocycles. The summed E-state index contributed by atoms with van der Waals surface area (Å²) in [6.45, 7) is 4.38. The number of carbonyl (C=O) groups is 2. The Morgan fingerprint density at radius 1 is 0.969 bits per heavy atom. The Morgan fingerprint density at radius 2 is 1.66 bits per heavy atom. The molecule has 0 saturated carbocycles. The number of aryl methyl sites for hydroxylation is 1. The largest absolute Gasteiger partial charge is 0.354 e. The predicted molar refractivity (Wildman–Crippen MR) is 127 cm³/mol. The predicted octanol–water partition coefficient (Wildman–Crippen LogP) is 5.25. The van der Waals surface area contributed by atoms with E-state index in [2.05, 4.69) is 18.3 Å². The van der Waals surface area contributed by atoms with Gasteiger partial charge in [0.25, 0.3) is 0 Å². The SMILES string of the molecule is CCCCNC(=O)[C@@H](C)N(Cc1ccccc1F)C(=O)CCc1cccc2ccccc12. The van der Waals surface area contributed by atoms with Gasteiger partial charge < -0.3 is 10.2 Å². The Bertz CT molecular complexity index is 1060. The van der Waals surface area contributed by atoms with Gasteiger partial charge in [0.15, 0.2) is 0 Å². The van der Waals surface area contributed by atoms with E-state index in [-0.39, 0.29) is 30.6 Å². The lowest BCUT2D eigenvalue weighted by Crippen LogP contribution is -2.48. The molecule has 1 atom stereocenters. The maximum Gasteiger partial charge on any atom is 0.242 e. The molecule has 32 heavy (non-hydrogen) atoms. The molecule has 2 amide bonds. The van der Waals surface area contributed by atoms with Gasteiger partial charge in [-0.05, 0) is 42.2 Å². The Balaban J connectivity index is 1.77. The number of hydrogen-bond acceptors (Lipinski definition) is 2. The lowest BCUT2D eigenvalue weighted by molar-refractivity contribution is -0.140. The van der Waals surface area contributed by atoms with Crippen LogP contribution in [-0.4, -0.2) is 29.3 Å². The van der Waals surface area contributed by atoms with E-state index in [4.69, 9.17) is 0 Å². The first-order valence-electron chi connectivity index (χ1n) is 11.3. The van der Waals surface area contributed by atoms with Crippen LogP contribution >= 0.6 is 0 Å². The Hall–Kier alpha value is -3.21. The van der Waals surface area contributed by atoms with Crippen LogP contribution in [0.5, 0.6) is 0 Å². The van der Waals surface area contributed by atoms with E-state index < -0.39 is 6.04 Å². The molecule has 5 heteroatoms. The van der Waals surface area contributed by atoms with Gasteiger partial charge in [0.05, 0.1) is 0 Å². The van der Waals surface area contributed by atoms with Crippen molar-refractivity contribution in [2.24, 2.45) is 0 Å². The highest BCUT2D eigenvalue weighted by molar-refractivity contribution is 5.88. The average Bonchev–Trinajstić information content (AvgIpc) is 2.81. The summed E-state index contributed by atoms with van der Waals surface area (Å²) in [4.78, 5) is 27.4. The number of nitrogens with zero attached hydrogens (tertiary/aromatic N) is 1. The van der Waals surface area contributed by atoms with E-state index in [9.17, 15) is 14.0 Å². The molecule has 3 aromatic rings. The normalized spacial score (nSPS) is 11.8. The fourth-order valence-electron chi connectivity index (χ4n) is 3.82. The molecule has 3 aromatic carbocycles. The fourth-order valence-corrected chi connectivity index (χ4v) is 3.82. The minimum Gasteiger partial charge on any atom is -0.354 e. The molecule has 4 nitrogen and oxygen atoms in total. The van der Waals surface area contributed by atoms with E-state index in [0.29, 0.717) is 18.5 Å². The van der Waals surface area contributed by atoms with Crippen molar-refractivity contribution in [3.8, 4) is 0 Å². The summed E-state index contributed by atoms with van der Waals surface area (Å²) >= 11 is 0. The molecule has 0 fully saturated rings. The first-order valence-corrected chi connectivity index (χ1v) is 11.3. The lowest BCUT2D eigenvalue weighted by Gasteiger charge is -2.29. The quantitative estimate of drug-likeness (QED) is 0.443. The third-order valence-corrected chi connectivity index (χ3v) is 5.78. The second kappa shape index (κ2) is 11.4. The highest BCUT2D eigenvalue weighted by Gasteiger charge is 2.26. The molecular weight excluding hydrogens is 403 g/mol. The van der Waals surface area contributed by atoms with Gasteiger partial charge in [-0.15, -0.1) is 0 Å². The maximum atomic E-state index is 14.3. The molecule has 0 aliphatic carbocycles. The van der Waals surface area contributed by atoms with Crippen molar-refractivity contribution in [2.45, 2.75) is 52.1 Å². The number of carbonyl (C=O) groups excluding carboxylic acids is 2. The number of unbranched alkanes of at least 4 members (excludes halogenated alkanes) is 1. The van der Waals surface area contributed by atoms with Crippen LogP contribution in [0.2, 0.25) is 0 Å². The second-order valence-corrected chi connectivity index (χ2v) is 8.07. The Labute approximate surface area is 189 Å². The number of halogens is 1. The van der Waals surface area contributed by atoms with Crippen molar-refractivity contribution in [1.29, 1.82) is 0 Å². The van der Waals surface area contributed by atoms with Crippen LogP contribution in [0, 0.1) is 5.82 Å². The average molecular weight is 435 g/mol. The zero-order chi connectivity index (χ0) is 22.9. The van der Waals surface area contributed by atoms with Crippen molar-refractivity contribution in [2.75, 3.05) is 6.54 Å². The van der Waals surface area contributed by atoms with Crippen LogP contribution < -0.4 is 5.32 Å². The van der Waals surface area contributed by atoms with Crippen LogP contribution in [0.3, 0.4) is 0 Å². The van der Waals surface area contributed by atoms with Gasteiger partial charge in [0.2, 0.25) is 11.8 Å². The maximum absolute atomic E-state index is 14.3. The zero-order valence-corrected chi connectivity index (χ0v) is 18.8. The highest BCUT2D eigenvalue weighted by atomic mass is 19.1. The van der Waals surface area contributed by atoms with Gasteiger partial charge in [0, 0.05) is 25.1 Å². The highest BCUT2D eigenvalue weighted by Crippen LogP contribution is 2.21. The Morgan fingerprint density at radius 3 is 2.44 bits per heavy atom. The topological polar surface area (TPSA) is 49.4 Å². The summed E-state index contributed by atoms with van der Waals surface area (Å²) in [5, 5.41) is 5.14. The Kier molecular flexibility index (Phi) is 8.37. The third-order valence-electron chi connectivity index (χ3n) is 5.78. The van der Waals surface area contributed by atoms with E-state index in [0.717, 1.165) is 29.2 Å². The van der Waals surface area contributed by atoms with Crippen molar-refractivity contribution in [3.05, 3.63) is 83.7 Å². The van der Waals surface area contributed by atoms with Gasteiger partial charge in [-0.25, -0.2) is 4.39 Å². The summed E-state index contributed by atoms with van der Waals surface area (Å²) in [7, 11) is 0. The molecule has 0 saturated heterocycles. The van der Waals surface area contributed by atoms with Crippen LogP contribution in [0.4, 0.5) is 4.39 Å². The van der Waals surface area contributed by atoms with Gasteiger partial charge >= 0.3 is 0 Å². The van der Waals surface area contributed by atoms with Crippen molar-refractivity contribution in [3.63, 3.8) is 0 Å². The summed E-state index contributed by atoms with van der Waals surface area (Å²) in [5.74, 6) is -0.759. The summed E-state index contributed by atoms with van der Waals surface area (Å²) < 4.78 is 14.3. The molecule has 0 aliphatic rings. The molecule has 168 valence electrons. The minimum atomic E-state index is -0.688. The van der Waals surface area contributed by atoms with Crippen LogP contribution in [0.25, 0.3) is 10.8 Å². The monoisotopic (exact) mass is 434 g/mol. The molecule has 1 N–H and O–H groups in total. The molecule has 0 aromatic heterocycles. The number of rotatable bonds is 10. The lowest BCUT2D eigenvalue weighted by atomic mass is 10.0. The number of benzene rings is 3. The second-order valence-electron chi connectivity index (χ2n) is 8.07. The first kappa shape index (κ1) is 23.5. The van der Waals surface area contributed by atoms with E-state index >= 15 is 0 Å². The smallest absolute Gasteiger partial charge is 0.242 e. The summed E-state index contributed by atoms with van der Waals surface area (Å²) in [6, 6.07) is 19.8. The first-order chi connectivity index (χ1) is 15.5. The fraction of sp³-hybridized carbons (Fsp3) is 0.333. The molecule has 0 spiro atoms. The molecule has 0 aliphatic heterocycles. The summed E-state index contributed by atoms with van der Waals surface area (Å²) in [5.41, 5.74) is 1.49. The van der Waals surface area contributed by atoms with E-state index in [1.165, 1.54) is 11.0 Å². The number of amides is 2. The van der Waals surface area contributed by atoms with Crippen LogP contribution in [0.15, 0.2) is 66.7 Å². The third kappa shape index (κ3) is 5.94. The number of fused-ring (bicyclic) bond motifs is 1. The molecule has 0 radical (unpaired) electrons. The van der Waals surface area contributed by atoms with Gasteiger partial charge in [0.1, 0.15) is 11.9 Å². The van der Waals surface area contributed by atoms with E-state index in [1.54, 1.807) is 25.1 Å². The van der Waals surface area contributed by atoms with Crippen molar-refractivity contribution >= 4 is 22.6 Å². The molecular formula is C27H31FN2O2. The molecule has 3 rings (SSSR count).